The van der Waals surface area contributed by atoms with Crippen LogP contribution >= 0.6 is 0 Å². The third-order valence-corrected chi connectivity index (χ3v) is 2.79. The lowest BCUT2D eigenvalue weighted by Gasteiger charge is -2.15. The number of rotatable bonds is 3. The normalized spacial score (nSPS) is 11.8. The zero-order chi connectivity index (χ0) is 16.5. The summed E-state index contributed by atoms with van der Waals surface area (Å²) in [5, 5.41) is 0. The molecule has 0 fully saturated rings. The number of H-pyrrole nitrogens is 1. The molecule has 2 aromatic heterocycles. The van der Waals surface area contributed by atoms with Crippen LogP contribution in [0.5, 0.6) is 5.88 Å². The number of hydrogen-bond donors (Lipinski definition) is 1. The number of aryl methyl sites for hydroxylation is 1. The van der Waals surface area contributed by atoms with Crippen molar-refractivity contribution in [2.45, 2.75) is 33.1 Å². The lowest BCUT2D eigenvalue weighted by Crippen LogP contribution is -2.12. The van der Waals surface area contributed by atoms with Crippen molar-refractivity contribution in [3.8, 4) is 17.1 Å². The molecular weight excluding hydrogens is 297 g/mol. The first kappa shape index (κ1) is 16.1. The second-order valence-electron chi connectivity index (χ2n) is 5.15. The molecule has 0 aliphatic carbocycles. The maximum Gasteiger partial charge on any atom is 0.417 e. The van der Waals surface area contributed by atoms with E-state index in [0.29, 0.717) is 5.69 Å². The average molecular weight is 312 g/mol. The van der Waals surface area contributed by atoms with Gasteiger partial charge >= 0.3 is 6.18 Å². The maximum absolute atomic E-state index is 12.9. The summed E-state index contributed by atoms with van der Waals surface area (Å²) >= 11 is 0. The van der Waals surface area contributed by atoms with Gasteiger partial charge in [0.05, 0.1) is 22.9 Å². The zero-order valence-corrected chi connectivity index (χ0v) is 12.3. The maximum atomic E-state index is 12.9. The molecule has 0 saturated carbocycles. The van der Waals surface area contributed by atoms with E-state index in [9.17, 15) is 18.0 Å². The van der Waals surface area contributed by atoms with Crippen LogP contribution in [0, 0.1) is 6.92 Å². The monoisotopic (exact) mass is 312 g/mol. The summed E-state index contributed by atoms with van der Waals surface area (Å²) in [6, 6.07) is 3.50. The molecule has 0 saturated heterocycles. The molecule has 4 nitrogen and oxygen atoms in total. The van der Waals surface area contributed by atoms with E-state index in [2.05, 4.69) is 9.97 Å². The van der Waals surface area contributed by atoms with Crippen LogP contribution in [-0.4, -0.2) is 16.1 Å². The van der Waals surface area contributed by atoms with Crippen LogP contribution < -0.4 is 10.2 Å². The number of nitrogens with one attached hydrogen (secondary N) is 1. The fraction of sp³-hybridized carbons (Fsp3) is 0.333. The number of aromatic nitrogens is 2. The van der Waals surface area contributed by atoms with E-state index in [1.54, 1.807) is 20.8 Å². The highest BCUT2D eigenvalue weighted by Gasteiger charge is 2.32. The summed E-state index contributed by atoms with van der Waals surface area (Å²) in [6.07, 6.45) is -4.07. The summed E-state index contributed by atoms with van der Waals surface area (Å²) in [5.41, 5.74) is -0.334. The number of hydrogen-bond acceptors (Lipinski definition) is 3. The van der Waals surface area contributed by atoms with Gasteiger partial charge in [-0.1, -0.05) is 0 Å². The predicted octanol–water partition coefficient (Wildman–Crippen LogP) is 3.55. The van der Waals surface area contributed by atoms with Gasteiger partial charge in [-0.05, 0) is 26.8 Å². The SMILES string of the molecule is Cc1cc(=O)cc(-c2cc(C(F)(F)F)cnc2OC(C)C)[nH]1. The Balaban J connectivity index is 2.65. The fourth-order valence-electron chi connectivity index (χ4n) is 1.94. The molecule has 0 unspecified atom stereocenters. The molecule has 2 heterocycles. The molecule has 118 valence electrons. The molecule has 0 aliphatic heterocycles. The van der Waals surface area contributed by atoms with E-state index in [0.717, 1.165) is 12.3 Å². The van der Waals surface area contributed by atoms with Gasteiger partial charge < -0.3 is 9.72 Å². The molecular formula is C15H15F3N2O2. The quantitative estimate of drug-likeness (QED) is 0.943. The highest BCUT2D eigenvalue weighted by atomic mass is 19.4. The first-order chi connectivity index (χ1) is 10.2. The van der Waals surface area contributed by atoms with Gasteiger partial charge in [-0.15, -0.1) is 0 Å². The number of aromatic amines is 1. The van der Waals surface area contributed by atoms with Crippen molar-refractivity contribution in [1.82, 2.24) is 9.97 Å². The van der Waals surface area contributed by atoms with Crippen LogP contribution in [0.15, 0.2) is 29.2 Å². The third-order valence-electron chi connectivity index (χ3n) is 2.79. The van der Waals surface area contributed by atoms with Gasteiger partial charge in [0.2, 0.25) is 5.88 Å². The highest BCUT2D eigenvalue weighted by Crippen LogP contribution is 2.35. The van der Waals surface area contributed by atoms with Gasteiger partial charge in [-0.3, -0.25) is 4.79 Å². The van der Waals surface area contributed by atoms with Crippen LogP contribution in [0.2, 0.25) is 0 Å². The smallest absolute Gasteiger partial charge is 0.417 e. The number of nitrogens with zero attached hydrogens (tertiary/aromatic N) is 1. The van der Waals surface area contributed by atoms with Crippen molar-refractivity contribution in [1.29, 1.82) is 0 Å². The molecule has 0 spiro atoms. The second-order valence-corrected chi connectivity index (χ2v) is 5.15. The van der Waals surface area contributed by atoms with Crippen molar-refractivity contribution in [3.05, 3.63) is 45.9 Å². The van der Waals surface area contributed by atoms with Crippen LogP contribution in [0.1, 0.15) is 25.1 Å². The molecule has 0 aliphatic rings. The van der Waals surface area contributed by atoms with Gasteiger partial charge in [-0.25, -0.2) is 4.98 Å². The molecule has 2 aromatic rings. The Labute approximate surface area is 125 Å². The summed E-state index contributed by atoms with van der Waals surface area (Å²) in [7, 11) is 0. The minimum atomic E-state index is -4.53. The largest absolute Gasteiger partial charge is 0.474 e. The van der Waals surface area contributed by atoms with Crippen molar-refractivity contribution >= 4 is 0 Å². The Kier molecular flexibility index (Phi) is 4.25. The van der Waals surface area contributed by atoms with Crippen LogP contribution in [0.3, 0.4) is 0 Å². The number of halogens is 3. The molecule has 22 heavy (non-hydrogen) atoms. The molecule has 7 heteroatoms. The second kappa shape index (κ2) is 5.82. The Bertz CT molecular complexity index is 736. The van der Waals surface area contributed by atoms with E-state index in [-0.39, 0.29) is 28.7 Å². The Morgan fingerprint density at radius 3 is 2.45 bits per heavy atom. The van der Waals surface area contributed by atoms with Gasteiger partial charge in [0, 0.05) is 24.0 Å². The van der Waals surface area contributed by atoms with E-state index < -0.39 is 11.7 Å². The predicted molar refractivity (Wildman–Crippen MR) is 75.8 cm³/mol. The zero-order valence-electron chi connectivity index (χ0n) is 12.3. The van der Waals surface area contributed by atoms with Crippen molar-refractivity contribution in [2.24, 2.45) is 0 Å². The Morgan fingerprint density at radius 2 is 1.91 bits per heavy atom. The van der Waals surface area contributed by atoms with Crippen molar-refractivity contribution < 1.29 is 17.9 Å². The van der Waals surface area contributed by atoms with E-state index in [1.165, 1.54) is 12.1 Å². The first-order valence-corrected chi connectivity index (χ1v) is 6.62. The topological polar surface area (TPSA) is 55.0 Å². The molecule has 1 N–H and O–H groups in total. The average Bonchev–Trinajstić information content (AvgIpc) is 2.35. The van der Waals surface area contributed by atoms with Crippen molar-refractivity contribution in [2.75, 3.05) is 0 Å². The fourth-order valence-corrected chi connectivity index (χ4v) is 1.94. The van der Waals surface area contributed by atoms with Gasteiger partial charge in [0.1, 0.15) is 0 Å². The van der Waals surface area contributed by atoms with Crippen LogP contribution in [0.25, 0.3) is 11.3 Å². The van der Waals surface area contributed by atoms with Gasteiger partial charge in [-0.2, -0.15) is 13.2 Å². The molecule has 0 bridgehead atoms. The number of ether oxygens (including phenoxy) is 1. The standard InChI is InChI=1S/C15H15F3N2O2/c1-8(2)22-14-12(5-10(7-19-14)15(16,17)18)13-6-11(21)4-9(3)20-13/h4-8H,1-3H3,(H,20,21). The highest BCUT2D eigenvalue weighted by molar-refractivity contribution is 5.66. The van der Waals surface area contributed by atoms with E-state index >= 15 is 0 Å². The lowest BCUT2D eigenvalue weighted by atomic mass is 10.1. The molecule has 0 amide bonds. The molecule has 0 radical (unpaired) electrons. The van der Waals surface area contributed by atoms with Gasteiger partial charge in [0.25, 0.3) is 0 Å². The lowest BCUT2D eigenvalue weighted by molar-refractivity contribution is -0.137. The summed E-state index contributed by atoms with van der Waals surface area (Å²) < 4.78 is 44.1. The molecule has 0 aromatic carbocycles. The molecule has 0 atom stereocenters. The Hall–Kier alpha value is -2.31. The number of alkyl halides is 3. The third kappa shape index (κ3) is 3.66. The van der Waals surface area contributed by atoms with E-state index in [1.807, 2.05) is 0 Å². The van der Waals surface area contributed by atoms with Crippen LogP contribution in [-0.2, 0) is 6.18 Å². The van der Waals surface area contributed by atoms with Gasteiger partial charge in [0.15, 0.2) is 5.43 Å². The molecule has 2 rings (SSSR count). The van der Waals surface area contributed by atoms with Crippen LogP contribution in [0.4, 0.5) is 13.2 Å². The van der Waals surface area contributed by atoms with E-state index in [4.69, 9.17) is 4.74 Å². The number of pyridine rings is 2. The summed E-state index contributed by atoms with van der Waals surface area (Å²) in [4.78, 5) is 18.2. The summed E-state index contributed by atoms with van der Waals surface area (Å²) in [5.74, 6) is 0.0456. The summed E-state index contributed by atoms with van der Waals surface area (Å²) in [6.45, 7) is 5.12. The Morgan fingerprint density at radius 1 is 1.23 bits per heavy atom. The minimum absolute atomic E-state index is 0.0456. The van der Waals surface area contributed by atoms with Crippen molar-refractivity contribution in [3.63, 3.8) is 0 Å². The first-order valence-electron chi connectivity index (χ1n) is 6.62. The minimum Gasteiger partial charge on any atom is -0.474 e.